The van der Waals surface area contributed by atoms with Gasteiger partial charge in [-0.05, 0) is 32.4 Å². The second kappa shape index (κ2) is 6.98. The number of aryl methyl sites for hydroxylation is 1. The molecule has 2 aromatic rings. The molecule has 1 unspecified atom stereocenters. The first-order chi connectivity index (χ1) is 9.72. The average molecular weight is 295 g/mol. The molecular weight excluding hydrogens is 272 g/mol. The van der Waals surface area contributed by atoms with Gasteiger partial charge in [0, 0.05) is 18.3 Å². The number of halogens is 1. The first kappa shape index (κ1) is 15.2. The molecule has 3 nitrogen and oxygen atoms in total. The van der Waals surface area contributed by atoms with E-state index in [0.29, 0.717) is 18.5 Å². The van der Waals surface area contributed by atoms with Crippen LogP contribution in [0, 0.1) is 0 Å². The molecule has 0 fully saturated rings. The van der Waals surface area contributed by atoms with Gasteiger partial charge in [0.15, 0.2) is 0 Å². The molecule has 1 atom stereocenters. The van der Waals surface area contributed by atoms with Crippen molar-refractivity contribution in [3.8, 4) is 5.75 Å². The summed E-state index contributed by atoms with van der Waals surface area (Å²) in [6.07, 6.45) is 3.09. The molecule has 0 aliphatic carbocycles. The highest BCUT2D eigenvalue weighted by Crippen LogP contribution is 2.30. The van der Waals surface area contributed by atoms with E-state index in [1.165, 1.54) is 0 Å². The van der Waals surface area contributed by atoms with Gasteiger partial charge in [0.05, 0.1) is 12.1 Å². The standard InChI is InChI=1S/C16H23ClN2O/c1-4-7-12(3)19-13-8-6-9-14(20-5-2)16(13)18-15(19)10-11-17/h6,8-9,12H,4-5,7,10-11H2,1-3H3. The third kappa shape index (κ3) is 2.93. The second-order valence-corrected chi connectivity index (χ2v) is 5.41. The van der Waals surface area contributed by atoms with Crippen LogP contribution in [-0.2, 0) is 6.42 Å². The van der Waals surface area contributed by atoms with E-state index in [2.05, 4.69) is 24.5 Å². The van der Waals surface area contributed by atoms with Crippen LogP contribution < -0.4 is 4.74 Å². The van der Waals surface area contributed by atoms with E-state index in [4.69, 9.17) is 21.3 Å². The van der Waals surface area contributed by atoms with E-state index >= 15 is 0 Å². The minimum absolute atomic E-state index is 0.431. The maximum absolute atomic E-state index is 5.93. The Labute approximate surface area is 125 Å². The smallest absolute Gasteiger partial charge is 0.147 e. The largest absolute Gasteiger partial charge is 0.492 e. The number of nitrogens with zero attached hydrogens (tertiary/aromatic N) is 2. The Hall–Kier alpha value is -1.22. The number of hydrogen-bond donors (Lipinski definition) is 0. The van der Waals surface area contributed by atoms with Crippen LogP contribution in [0.2, 0.25) is 0 Å². The van der Waals surface area contributed by atoms with E-state index in [0.717, 1.165) is 41.9 Å². The average Bonchev–Trinajstić information content (AvgIpc) is 2.79. The molecule has 0 bridgehead atoms. The van der Waals surface area contributed by atoms with Crippen LogP contribution in [0.15, 0.2) is 18.2 Å². The van der Waals surface area contributed by atoms with Gasteiger partial charge in [-0.15, -0.1) is 11.6 Å². The van der Waals surface area contributed by atoms with Crippen LogP contribution >= 0.6 is 11.6 Å². The Morgan fingerprint density at radius 1 is 1.35 bits per heavy atom. The summed E-state index contributed by atoms with van der Waals surface area (Å²) in [6.45, 7) is 7.11. The van der Waals surface area contributed by atoms with Crippen molar-refractivity contribution in [1.29, 1.82) is 0 Å². The van der Waals surface area contributed by atoms with Gasteiger partial charge < -0.3 is 9.30 Å². The Kier molecular flexibility index (Phi) is 5.30. The second-order valence-electron chi connectivity index (χ2n) is 5.03. The lowest BCUT2D eigenvalue weighted by atomic mass is 10.2. The number of fused-ring (bicyclic) bond motifs is 1. The minimum Gasteiger partial charge on any atom is -0.492 e. The minimum atomic E-state index is 0.431. The van der Waals surface area contributed by atoms with Crippen LogP contribution in [0.4, 0.5) is 0 Å². The Bertz CT molecular complexity index is 565. The number of aromatic nitrogens is 2. The van der Waals surface area contributed by atoms with Crippen LogP contribution in [-0.4, -0.2) is 22.0 Å². The zero-order chi connectivity index (χ0) is 14.5. The lowest BCUT2D eigenvalue weighted by Gasteiger charge is -2.16. The van der Waals surface area contributed by atoms with E-state index < -0.39 is 0 Å². The first-order valence-electron chi connectivity index (χ1n) is 7.41. The third-order valence-corrected chi connectivity index (χ3v) is 3.71. The SMILES string of the molecule is CCCC(C)n1c(CCCl)nc2c(OCC)cccc21. The Morgan fingerprint density at radius 3 is 2.80 bits per heavy atom. The summed E-state index contributed by atoms with van der Waals surface area (Å²) in [7, 11) is 0. The summed E-state index contributed by atoms with van der Waals surface area (Å²) in [5, 5.41) is 0. The summed E-state index contributed by atoms with van der Waals surface area (Å²) in [4.78, 5) is 4.78. The molecule has 0 saturated heterocycles. The number of para-hydroxylation sites is 1. The Balaban J connectivity index is 2.56. The molecule has 1 aromatic heterocycles. The molecule has 110 valence electrons. The summed E-state index contributed by atoms with van der Waals surface area (Å²) in [5.41, 5.74) is 2.11. The highest BCUT2D eigenvalue weighted by atomic mass is 35.5. The molecular formula is C16H23ClN2O. The van der Waals surface area contributed by atoms with Gasteiger partial charge in [-0.1, -0.05) is 19.4 Å². The van der Waals surface area contributed by atoms with Crippen LogP contribution in [0.1, 0.15) is 45.5 Å². The maximum atomic E-state index is 5.93. The van der Waals surface area contributed by atoms with Crippen molar-refractivity contribution in [1.82, 2.24) is 9.55 Å². The molecule has 0 amide bonds. The molecule has 4 heteroatoms. The van der Waals surface area contributed by atoms with Crippen molar-refractivity contribution < 1.29 is 4.74 Å². The van der Waals surface area contributed by atoms with Crippen molar-refractivity contribution in [2.45, 2.75) is 46.1 Å². The zero-order valence-corrected chi connectivity index (χ0v) is 13.3. The van der Waals surface area contributed by atoms with Crippen molar-refractivity contribution in [2.75, 3.05) is 12.5 Å². The van der Waals surface area contributed by atoms with Crippen molar-refractivity contribution >= 4 is 22.6 Å². The maximum Gasteiger partial charge on any atom is 0.147 e. The molecule has 0 saturated carbocycles. The molecule has 20 heavy (non-hydrogen) atoms. The topological polar surface area (TPSA) is 27.1 Å². The number of ether oxygens (including phenoxy) is 1. The zero-order valence-electron chi connectivity index (χ0n) is 12.5. The van der Waals surface area contributed by atoms with Gasteiger partial charge in [-0.2, -0.15) is 0 Å². The number of hydrogen-bond acceptors (Lipinski definition) is 2. The fourth-order valence-electron chi connectivity index (χ4n) is 2.71. The van der Waals surface area contributed by atoms with Crippen molar-refractivity contribution in [3.05, 3.63) is 24.0 Å². The fraction of sp³-hybridized carbons (Fsp3) is 0.562. The van der Waals surface area contributed by atoms with Gasteiger partial charge in [0.1, 0.15) is 17.1 Å². The molecule has 0 aliphatic rings. The van der Waals surface area contributed by atoms with E-state index in [-0.39, 0.29) is 0 Å². The number of rotatable bonds is 7. The summed E-state index contributed by atoms with van der Waals surface area (Å²) < 4.78 is 8.02. The number of imidazole rings is 1. The molecule has 0 N–H and O–H groups in total. The number of benzene rings is 1. The molecule has 0 aliphatic heterocycles. The molecule has 0 radical (unpaired) electrons. The molecule has 2 rings (SSSR count). The quantitative estimate of drug-likeness (QED) is 0.699. The lowest BCUT2D eigenvalue weighted by Crippen LogP contribution is -2.09. The van der Waals surface area contributed by atoms with Gasteiger partial charge in [0.2, 0.25) is 0 Å². The van der Waals surface area contributed by atoms with Crippen LogP contribution in [0.3, 0.4) is 0 Å². The molecule has 1 heterocycles. The summed E-state index contributed by atoms with van der Waals surface area (Å²) in [5.74, 6) is 2.51. The monoisotopic (exact) mass is 294 g/mol. The van der Waals surface area contributed by atoms with Gasteiger partial charge in [0.25, 0.3) is 0 Å². The Morgan fingerprint density at radius 2 is 2.15 bits per heavy atom. The van der Waals surface area contributed by atoms with Gasteiger partial charge >= 0.3 is 0 Å². The van der Waals surface area contributed by atoms with Crippen molar-refractivity contribution in [2.24, 2.45) is 0 Å². The normalized spacial score (nSPS) is 12.8. The lowest BCUT2D eigenvalue weighted by molar-refractivity contribution is 0.343. The number of alkyl halides is 1. The highest BCUT2D eigenvalue weighted by Gasteiger charge is 2.17. The summed E-state index contributed by atoms with van der Waals surface area (Å²) in [6, 6.07) is 6.57. The predicted octanol–water partition coefficient (Wildman–Crippen LogP) is 4.58. The van der Waals surface area contributed by atoms with Gasteiger partial charge in [-0.3, -0.25) is 0 Å². The summed E-state index contributed by atoms with van der Waals surface area (Å²) >= 11 is 5.93. The third-order valence-electron chi connectivity index (χ3n) is 3.52. The van der Waals surface area contributed by atoms with Crippen LogP contribution in [0.25, 0.3) is 11.0 Å². The fourth-order valence-corrected chi connectivity index (χ4v) is 2.88. The van der Waals surface area contributed by atoms with Gasteiger partial charge in [-0.25, -0.2) is 4.98 Å². The predicted molar refractivity (Wildman–Crippen MR) is 84.9 cm³/mol. The van der Waals surface area contributed by atoms with E-state index in [1.54, 1.807) is 0 Å². The molecule has 1 aromatic carbocycles. The van der Waals surface area contributed by atoms with E-state index in [9.17, 15) is 0 Å². The highest BCUT2D eigenvalue weighted by molar-refractivity contribution is 6.17. The first-order valence-corrected chi connectivity index (χ1v) is 7.94. The van der Waals surface area contributed by atoms with E-state index in [1.807, 2.05) is 19.1 Å². The van der Waals surface area contributed by atoms with Crippen LogP contribution in [0.5, 0.6) is 5.75 Å². The molecule has 0 spiro atoms. The van der Waals surface area contributed by atoms with Crippen molar-refractivity contribution in [3.63, 3.8) is 0 Å².